The van der Waals surface area contributed by atoms with Gasteiger partial charge in [0.25, 0.3) is 0 Å². The van der Waals surface area contributed by atoms with E-state index in [0.29, 0.717) is 17.4 Å². The van der Waals surface area contributed by atoms with Crippen molar-refractivity contribution in [1.82, 2.24) is 24.3 Å². The molecule has 0 bridgehead atoms. The SMILES string of the molecule is CCCN(CCC(C)CC)C(=O)Nc1ccc2ncnc(Nc3ccc(Oc4ccn5ccnc5c4)c(C)c3)c2c1. The number of ether oxygens (including phenoxy) is 1. The van der Waals surface area contributed by atoms with Crippen molar-refractivity contribution in [2.45, 2.75) is 47.0 Å². The number of nitrogens with zero attached hydrogens (tertiary/aromatic N) is 5. The van der Waals surface area contributed by atoms with E-state index in [1.54, 1.807) is 6.20 Å². The van der Waals surface area contributed by atoms with Gasteiger partial charge < -0.3 is 24.7 Å². The van der Waals surface area contributed by atoms with E-state index in [-0.39, 0.29) is 6.03 Å². The number of aromatic nitrogens is 4. The summed E-state index contributed by atoms with van der Waals surface area (Å²) in [6.45, 7) is 9.98. The van der Waals surface area contributed by atoms with Crippen molar-refractivity contribution in [2.24, 2.45) is 5.92 Å². The zero-order valence-electron chi connectivity index (χ0n) is 24.1. The normalized spacial score (nSPS) is 11.9. The summed E-state index contributed by atoms with van der Waals surface area (Å²) in [4.78, 5) is 28.3. The van der Waals surface area contributed by atoms with Crippen molar-refractivity contribution >= 4 is 39.8 Å². The van der Waals surface area contributed by atoms with Gasteiger partial charge in [-0.3, -0.25) is 0 Å². The zero-order valence-corrected chi connectivity index (χ0v) is 24.1. The Morgan fingerprint density at radius 2 is 1.85 bits per heavy atom. The molecule has 5 rings (SSSR count). The number of anilines is 3. The summed E-state index contributed by atoms with van der Waals surface area (Å²) in [5.74, 6) is 2.73. The molecule has 3 heterocycles. The minimum Gasteiger partial charge on any atom is -0.457 e. The predicted molar refractivity (Wildman–Crippen MR) is 164 cm³/mol. The number of pyridine rings is 1. The third-order valence-corrected chi connectivity index (χ3v) is 7.29. The molecule has 2 amide bonds. The van der Waals surface area contributed by atoms with Crippen molar-refractivity contribution in [2.75, 3.05) is 23.7 Å². The number of rotatable bonds is 11. The van der Waals surface area contributed by atoms with Gasteiger partial charge in [0.05, 0.1) is 5.52 Å². The molecule has 0 fully saturated rings. The smallest absolute Gasteiger partial charge is 0.321 e. The molecule has 9 nitrogen and oxygen atoms in total. The average molecular weight is 552 g/mol. The lowest BCUT2D eigenvalue weighted by molar-refractivity contribution is 0.207. The number of hydrogen-bond donors (Lipinski definition) is 2. The molecule has 2 aromatic carbocycles. The molecule has 9 heteroatoms. The van der Waals surface area contributed by atoms with Gasteiger partial charge in [0.15, 0.2) is 0 Å². The number of carbonyl (C=O) groups is 1. The Labute approximate surface area is 240 Å². The number of nitrogens with one attached hydrogen (secondary N) is 2. The molecule has 212 valence electrons. The lowest BCUT2D eigenvalue weighted by atomic mass is 10.1. The summed E-state index contributed by atoms with van der Waals surface area (Å²) in [6, 6.07) is 15.3. The van der Waals surface area contributed by atoms with Gasteiger partial charge in [0.2, 0.25) is 0 Å². The highest BCUT2D eigenvalue weighted by Crippen LogP contribution is 2.31. The summed E-state index contributed by atoms with van der Waals surface area (Å²) in [5, 5.41) is 7.32. The molecule has 0 aliphatic heterocycles. The first-order valence-corrected chi connectivity index (χ1v) is 14.2. The molecule has 0 saturated carbocycles. The minimum absolute atomic E-state index is 0.0843. The monoisotopic (exact) mass is 551 g/mol. The van der Waals surface area contributed by atoms with Crippen LogP contribution in [0, 0.1) is 12.8 Å². The first-order chi connectivity index (χ1) is 19.9. The van der Waals surface area contributed by atoms with E-state index in [4.69, 9.17) is 4.74 Å². The van der Waals surface area contributed by atoms with Gasteiger partial charge in [-0.25, -0.2) is 19.7 Å². The molecular weight excluding hydrogens is 514 g/mol. The van der Waals surface area contributed by atoms with E-state index >= 15 is 0 Å². The van der Waals surface area contributed by atoms with Crippen molar-refractivity contribution in [3.63, 3.8) is 0 Å². The van der Waals surface area contributed by atoms with Crippen LogP contribution in [-0.2, 0) is 0 Å². The third-order valence-electron chi connectivity index (χ3n) is 7.29. The Kier molecular flexibility index (Phi) is 8.62. The summed E-state index contributed by atoms with van der Waals surface area (Å²) >= 11 is 0. The molecule has 1 unspecified atom stereocenters. The summed E-state index contributed by atoms with van der Waals surface area (Å²) in [7, 11) is 0. The molecule has 41 heavy (non-hydrogen) atoms. The molecule has 0 aliphatic carbocycles. The number of imidazole rings is 1. The van der Waals surface area contributed by atoms with Crippen LogP contribution in [0.5, 0.6) is 11.5 Å². The highest BCUT2D eigenvalue weighted by molar-refractivity contribution is 5.96. The van der Waals surface area contributed by atoms with Crippen LogP contribution in [0.15, 0.2) is 73.4 Å². The van der Waals surface area contributed by atoms with E-state index in [0.717, 1.165) is 71.7 Å². The van der Waals surface area contributed by atoms with Gasteiger partial charge in [-0.2, -0.15) is 0 Å². The van der Waals surface area contributed by atoms with Gasteiger partial charge in [-0.05, 0) is 73.7 Å². The Morgan fingerprint density at radius 3 is 2.66 bits per heavy atom. The predicted octanol–water partition coefficient (Wildman–Crippen LogP) is 7.80. The third kappa shape index (κ3) is 6.74. The fourth-order valence-electron chi connectivity index (χ4n) is 4.66. The molecule has 3 aromatic heterocycles. The quantitative estimate of drug-likeness (QED) is 0.174. The lowest BCUT2D eigenvalue weighted by Crippen LogP contribution is -2.36. The van der Waals surface area contributed by atoms with Crippen LogP contribution in [-0.4, -0.2) is 43.4 Å². The highest BCUT2D eigenvalue weighted by Gasteiger charge is 2.15. The van der Waals surface area contributed by atoms with Crippen molar-refractivity contribution in [3.8, 4) is 11.5 Å². The van der Waals surface area contributed by atoms with Crippen molar-refractivity contribution < 1.29 is 9.53 Å². The van der Waals surface area contributed by atoms with Gasteiger partial charge in [0, 0.05) is 54.5 Å². The summed E-state index contributed by atoms with van der Waals surface area (Å²) in [5.41, 5.74) is 4.16. The molecule has 0 radical (unpaired) electrons. The molecule has 2 N–H and O–H groups in total. The topological polar surface area (TPSA) is 96.7 Å². The Morgan fingerprint density at radius 1 is 1.00 bits per heavy atom. The second-order valence-electron chi connectivity index (χ2n) is 10.4. The Bertz CT molecular complexity index is 1650. The fourth-order valence-corrected chi connectivity index (χ4v) is 4.66. The number of fused-ring (bicyclic) bond motifs is 2. The van der Waals surface area contributed by atoms with E-state index in [1.165, 1.54) is 6.33 Å². The largest absolute Gasteiger partial charge is 0.457 e. The van der Waals surface area contributed by atoms with Crippen molar-refractivity contribution in [1.29, 1.82) is 0 Å². The maximum absolute atomic E-state index is 13.1. The molecule has 5 aromatic rings. The number of hydrogen-bond acceptors (Lipinski definition) is 6. The molecule has 0 aliphatic rings. The summed E-state index contributed by atoms with van der Waals surface area (Å²) in [6.07, 6.45) is 10.1. The second-order valence-corrected chi connectivity index (χ2v) is 10.4. The summed E-state index contributed by atoms with van der Waals surface area (Å²) < 4.78 is 8.07. The number of aryl methyl sites for hydroxylation is 1. The molecule has 1 atom stereocenters. The number of urea groups is 1. The molecule has 0 spiro atoms. The van der Waals surface area contributed by atoms with E-state index in [9.17, 15) is 4.79 Å². The number of benzene rings is 2. The second kappa shape index (κ2) is 12.7. The molecular formula is C32H37N7O2. The van der Waals surface area contributed by atoms with Crippen LogP contribution >= 0.6 is 0 Å². The maximum atomic E-state index is 13.1. The Hall–Kier alpha value is -4.66. The first kappa shape index (κ1) is 27.9. The van der Waals surface area contributed by atoms with Crippen LogP contribution in [0.3, 0.4) is 0 Å². The van der Waals surface area contributed by atoms with Crippen LogP contribution in [0.1, 0.15) is 45.6 Å². The van der Waals surface area contributed by atoms with Crippen molar-refractivity contribution in [3.05, 3.63) is 79.0 Å². The van der Waals surface area contributed by atoms with E-state index in [1.807, 2.05) is 77.1 Å². The van der Waals surface area contributed by atoms with Gasteiger partial charge >= 0.3 is 6.03 Å². The molecule has 0 saturated heterocycles. The van der Waals surface area contributed by atoms with E-state index < -0.39 is 0 Å². The number of amides is 2. The van der Waals surface area contributed by atoms with Crippen LogP contribution in [0.25, 0.3) is 16.6 Å². The fraction of sp³-hybridized carbons (Fsp3) is 0.312. The van der Waals surface area contributed by atoms with Gasteiger partial charge in [-0.15, -0.1) is 0 Å². The highest BCUT2D eigenvalue weighted by atomic mass is 16.5. The average Bonchev–Trinajstić information content (AvgIpc) is 3.45. The zero-order chi connectivity index (χ0) is 28.8. The van der Waals surface area contributed by atoms with Gasteiger partial charge in [-0.1, -0.05) is 27.2 Å². The van der Waals surface area contributed by atoms with Crippen LogP contribution in [0.4, 0.5) is 22.0 Å². The van der Waals surface area contributed by atoms with Crippen LogP contribution in [0.2, 0.25) is 0 Å². The van der Waals surface area contributed by atoms with Gasteiger partial charge in [0.1, 0.15) is 29.3 Å². The van der Waals surface area contributed by atoms with Crippen LogP contribution < -0.4 is 15.4 Å². The first-order valence-electron chi connectivity index (χ1n) is 14.2. The lowest BCUT2D eigenvalue weighted by Gasteiger charge is -2.24. The number of carbonyl (C=O) groups excluding carboxylic acids is 1. The standard InChI is InChI=1S/C32H37N7O2/c1-5-14-39(15-11-22(3)6-2)32(40)37-25-7-9-28-27(19-25)31(35-21-34-28)36-24-8-10-29(23(4)18-24)41-26-12-16-38-17-13-33-30(38)20-26/h7-10,12-13,16-22H,5-6,11,14-15H2,1-4H3,(H,37,40)(H,34,35,36). The Balaban J connectivity index is 1.31. The van der Waals surface area contributed by atoms with E-state index in [2.05, 4.69) is 46.4 Å². The maximum Gasteiger partial charge on any atom is 0.321 e. The minimum atomic E-state index is -0.0843.